The third kappa shape index (κ3) is 4.33. The highest BCUT2D eigenvalue weighted by Gasteiger charge is 2.09. The summed E-state index contributed by atoms with van der Waals surface area (Å²) in [5.41, 5.74) is 0.130. The van der Waals surface area contributed by atoms with Crippen LogP contribution in [-0.4, -0.2) is 25.6 Å². The lowest BCUT2D eigenvalue weighted by molar-refractivity contribution is -0.115. The van der Waals surface area contributed by atoms with Crippen LogP contribution in [0.3, 0.4) is 0 Å². The number of rotatable bonds is 6. The van der Waals surface area contributed by atoms with Crippen LogP contribution in [0.25, 0.3) is 0 Å². The predicted octanol–water partition coefficient (Wildman–Crippen LogP) is 2.16. The van der Waals surface area contributed by atoms with Crippen LogP contribution in [0, 0.1) is 5.82 Å². The minimum absolute atomic E-state index is 0.130. The highest BCUT2D eigenvalue weighted by Crippen LogP contribution is 2.20. The molecule has 1 amide bonds. The van der Waals surface area contributed by atoms with Crippen LogP contribution in [0.15, 0.2) is 18.2 Å². The van der Waals surface area contributed by atoms with Crippen molar-refractivity contribution < 1.29 is 13.9 Å². The molecule has 100 valence electrons. The lowest BCUT2D eigenvalue weighted by Gasteiger charge is -2.12. The fraction of sp³-hybridized carbons (Fsp3) is 0.462. The van der Waals surface area contributed by atoms with Crippen molar-refractivity contribution >= 4 is 11.6 Å². The summed E-state index contributed by atoms with van der Waals surface area (Å²) < 4.78 is 18.4. The van der Waals surface area contributed by atoms with Crippen molar-refractivity contribution in [3.63, 3.8) is 0 Å². The summed E-state index contributed by atoms with van der Waals surface area (Å²) in [6.07, 6.45) is 0.931. The molecule has 18 heavy (non-hydrogen) atoms. The van der Waals surface area contributed by atoms with E-state index in [-0.39, 0.29) is 24.2 Å². The van der Waals surface area contributed by atoms with E-state index in [0.29, 0.717) is 5.75 Å². The van der Waals surface area contributed by atoms with Crippen LogP contribution in [0.2, 0.25) is 0 Å². The maximum atomic E-state index is 13.4. The molecule has 0 saturated carbocycles. The Morgan fingerprint density at radius 1 is 1.50 bits per heavy atom. The Bertz CT molecular complexity index is 410. The van der Waals surface area contributed by atoms with Crippen LogP contribution in [-0.2, 0) is 4.79 Å². The molecule has 0 radical (unpaired) electrons. The van der Waals surface area contributed by atoms with Gasteiger partial charge in [0, 0.05) is 12.1 Å². The number of ether oxygens (including phenoxy) is 1. The van der Waals surface area contributed by atoms with E-state index in [9.17, 15) is 9.18 Å². The SMILES string of the molecule is CCC(C)NCC(=O)Nc1cc(OC)ccc1F. The molecular formula is C13H19FN2O2. The minimum Gasteiger partial charge on any atom is -0.497 e. The number of hydrogen-bond donors (Lipinski definition) is 2. The van der Waals surface area contributed by atoms with Crippen molar-refractivity contribution in [1.29, 1.82) is 0 Å². The van der Waals surface area contributed by atoms with Gasteiger partial charge in [0.2, 0.25) is 5.91 Å². The first-order valence-electron chi connectivity index (χ1n) is 5.93. The van der Waals surface area contributed by atoms with Crippen molar-refractivity contribution in [3.8, 4) is 5.75 Å². The zero-order chi connectivity index (χ0) is 13.5. The van der Waals surface area contributed by atoms with Gasteiger partial charge in [0.15, 0.2) is 0 Å². The Hall–Kier alpha value is -1.62. The second-order valence-electron chi connectivity index (χ2n) is 4.08. The number of benzene rings is 1. The molecular weight excluding hydrogens is 235 g/mol. The molecule has 0 aliphatic rings. The molecule has 4 nitrogen and oxygen atoms in total. The second kappa shape index (κ2) is 6.96. The summed E-state index contributed by atoms with van der Waals surface area (Å²) in [4.78, 5) is 11.6. The molecule has 0 bridgehead atoms. The Morgan fingerprint density at radius 3 is 2.83 bits per heavy atom. The number of carbonyl (C=O) groups is 1. The summed E-state index contributed by atoms with van der Waals surface area (Å²) in [7, 11) is 1.49. The summed E-state index contributed by atoms with van der Waals surface area (Å²) >= 11 is 0. The van der Waals surface area contributed by atoms with Crippen molar-refractivity contribution in [2.45, 2.75) is 26.3 Å². The van der Waals surface area contributed by atoms with E-state index in [1.807, 2.05) is 13.8 Å². The average Bonchev–Trinajstić information content (AvgIpc) is 2.38. The number of carbonyl (C=O) groups excluding carboxylic acids is 1. The van der Waals surface area contributed by atoms with Gasteiger partial charge in [-0.05, 0) is 25.5 Å². The fourth-order valence-electron chi connectivity index (χ4n) is 1.33. The number of anilines is 1. The molecule has 1 aromatic carbocycles. The number of nitrogens with one attached hydrogen (secondary N) is 2. The first kappa shape index (κ1) is 14.4. The zero-order valence-corrected chi connectivity index (χ0v) is 10.9. The van der Waals surface area contributed by atoms with Gasteiger partial charge in [-0.15, -0.1) is 0 Å². The fourth-order valence-corrected chi connectivity index (χ4v) is 1.33. The Kier molecular flexibility index (Phi) is 5.58. The van der Waals surface area contributed by atoms with Crippen LogP contribution >= 0.6 is 0 Å². The third-order valence-electron chi connectivity index (χ3n) is 2.67. The first-order valence-corrected chi connectivity index (χ1v) is 5.93. The molecule has 1 unspecified atom stereocenters. The number of hydrogen-bond acceptors (Lipinski definition) is 3. The normalized spacial score (nSPS) is 12.0. The molecule has 1 rings (SSSR count). The summed E-state index contributed by atoms with van der Waals surface area (Å²) in [6.45, 7) is 4.17. The third-order valence-corrected chi connectivity index (χ3v) is 2.67. The van der Waals surface area contributed by atoms with Gasteiger partial charge in [0.05, 0.1) is 19.3 Å². The van der Waals surface area contributed by atoms with Gasteiger partial charge in [-0.25, -0.2) is 4.39 Å². The topological polar surface area (TPSA) is 50.4 Å². The predicted molar refractivity (Wildman–Crippen MR) is 69.3 cm³/mol. The van der Waals surface area contributed by atoms with E-state index in [1.54, 1.807) is 0 Å². The Morgan fingerprint density at radius 2 is 2.22 bits per heavy atom. The standard InChI is InChI=1S/C13H19FN2O2/c1-4-9(2)15-8-13(17)16-12-7-10(18-3)5-6-11(12)14/h5-7,9,15H,4,8H2,1-3H3,(H,16,17). The lowest BCUT2D eigenvalue weighted by atomic mass is 10.2. The van der Waals surface area contributed by atoms with E-state index < -0.39 is 5.82 Å². The van der Waals surface area contributed by atoms with Crippen LogP contribution in [0.1, 0.15) is 20.3 Å². The smallest absolute Gasteiger partial charge is 0.238 e. The van der Waals surface area contributed by atoms with Gasteiger partial charge in [-0.3, -0.25) is 4.79 Å². The number of methoxy groups -OCH3 is 1. The van der Waals surface area contributed by atoms with Crippen LogP contribution in [0.5, 0.6) is 5.75 Å². The Labute approximate surface area is 107 Å². The van der Waals surface area contributed by atoms with E-state index >= 15 is 0 Å². The van der Waals surface area contributed by atoms with Gasteiger partial charge in [0.1, 0.15) is 11.6 Å². The highest BCUT2D eigenvalue weighted by atomic mass is 19.1. The van der Waals surface area contributed by atoms with Crippen molar-refractivity contribution in [2.24, 2.45) is 0 Å². The lowest BCUT2D eigenvalue weighted by Crippen LogP contribution is -2.34. The molecule has 0 fully saturated rings. The largest absolute Gasteiger partial charge is 0.497 e. The van der Waals surface area contributed by atoms with Crippen molar-refractivity contribution in [2.75, 3.05) is 19.0 Å². The van der Waals surface area contributed by atoms with Crippen LogP contribution < -0.4 is 15.4 Å². The van der Waals surface area contributed by atoms with E-state index in [0.717, 1.165) is 6.42 Å². The number of halogens is 1. The quantitative estimate of drug-likeness (QED) is 0.818. The van der Waals surface area contributed by atoms with Gasteiger partial charge in [0.25, 0.3) is 0 Å². The molecule has 2 N–H and O–H groups in total. The summed E-state index contributed by atoms with van der Waals surface area (Å²) in [5, 5.41) is 5.54. The van der Waals surface area contributed by atoms with Gasteiger partial charge in [-0.2, -0.15) is 0 Å². The highest BCUT2D eigenvalue weighted by molar-refractivity contribution is 5.92. The number of amides is 1. The molecule has 0 spiro atoms. The van der Waals surface area contributed by atoms with Crippen molar-refractivity contribution in [3.05, 3.63) is 24.0 Å². The van der Waals surface area contributed by atoms with Crippen molar-refractivity contribution in [1.82, 2.24) is 5.32 Å². The molecule has 1 atom stereocenters. The molecule has 0 aliphatic heterocycles. The second-order valence-corrected chi connectivity index (χ2v) is 4.08. The molecule has 1 aromatic rings. The Balaban J connectivity index is 2.58. The minimum atomic E-state index is -0.479. The average molecular weight is 254 g/mol. The summed E-state index contributed by atoms with van der Waals surface area (Å²) in [6, 6.07) is 4.47. The maximum absolute atomic E-state index is 13.4. The monoisotopic (exact) mass is 254 g/mol. The molecule has 0 heterocycles. The molecule has 5 heteroatoms. The first-order chi connectivity index (χ1) is 8.56. The molecule has 0 aromatic heterocycles. The van der Waals surface area contributed by atoms with Gasteiger partial charge >= 0.3 is 0 Å². The molecule has 0 aliphatic carbocycles. The van der Waals surface area contributed by atoms with Gasteiger partial charge < -0.3 is 15.4 Å². The zero-order valence-electron chi connectivity index (χ0n) is 10.9. The van der Waals surface area contributed by atoms with E-state index in [4.69, 9.17) is 4.74 Å². The van der Waals surface area contributed by atoms with Crippen LogP contribution in [0.4, 0.5) is 10.1 Å². The van der Waals surface area contributed by atoms with Gasteiger partial charge in [-0.1, -0.05) is 6.92 Å². The summed E-state index contributed by atoms with van der Waals surface area (Å²) in [5.74, 6) is -0.253. The molecule has 0 saturated heterocycles. The van der Waals surface area contributed by atoms with E-state index in [2.05, 4.69) is 10.6 Å². The van der Waals surface area contributed by atoms with E-state index in [1.165, 1.54) is 25.3 Å². The maximum Gasteiger partial charge on any atom is 0.238 e.